The predicted octanol–water partition coefficient (Wildman–Crippen LogP) is -1.25. The molecule has 1 aromatic heterocycles. The van der Waals surface area contributed by atoms with Crippen molar-refractivity contribution < 1.29 is 5.03 Å². The summed E-state index contributed by atoms with van der Waals surface area (Å²) >= 11 is 0. The van der Waals surface area contributed by atoms with Gasteiger partial charge in [0.1, 0.15) is 6.33 Å². The van der Waals surface area contributed by atoms with Gasteiger partial charge >= 0.3 is 0 Å². The van der Waals surface area contributed by atoms with Gasteiger partial charge in [0.15, 0.2) is 11.7 Å². The number of nitro groups is 1. The molecule has 0 atom stereocenters. The van der Waals surface area contributed by atoms with Crippen LogP contribution >= 0.6 is 0 Å². The maximum atomic E-state index is 10.1. The van der Waals surface area contributed by atoms with Crippen LogP contribution in [0.1, 0.15) is 0 Å². The lowest BCUT2D eigenvalue weighted by molar-refractivity contribution is -0.656. The van der Waals surface area contributed by atoms with Gasteiger partial charge in [0.25, 0.3) is 0 Å². The van der Waals surface area contributed by atoms with E-state index in [0.717, 1.165) is 5.01 Å². The van der Waals surface area contributed by atoms with E-state index in [1.165, 1.54) is 18.1 Å². The quantitative estimate of drug-likeness (QED) is 0.403. The topological polar surface area (TPSA) is 90.0 Å². The summed E-state index contributed by atoms with van der Waals surface area (Å²) in [5, 5.41) is 20.5. The SMILES string of the molecule is CN(Cn1cnnn1)[N+](=O)[O-]. The molecule has 0 fully saturated rings. The van der Waals surface area contributed by atoms with Crippen molar-refractivity contribution in [1.82, 2.24) is 25.2 Å². The molecule has 11 heavy (non-hydrogen) atoms. The molecule has 0 spiro atoms. The number of tetrazole rings is 1. The molecule has 0 radical (unpaired) electrons. The summed E-state index contributed by atoms with van der Waals surface area (Å²) in [7, 11) is 1.34. The zero-order valence-electron chi connectivity index (χ0n) is 5.78. The fourth-order valence-corrected chi connectivity index (χ4v) is 0.506. The second-order valence-electron chi connectivity index (χ2n) is 1.89. The summed E-state index contributed by atoms with van der Waals surface area (Å²) in [5.74, 6) is 0. The summed E-state index contributed by atoms with van der Waals surface area (Å²) in [6.07, 6.45) is 1.31. The molecule has 0 aliphatic rings. The molecular weight excluding hydrogens is 152 g/mol. The highest BCUT2D eigenvalue weighted by Crippen LogP contribution is 1.85. The van der Waals surface area contributed by atoms with Gasteiger partial charge in [-0.05, 0) is 10.4 Å². The number of hydrazine groups is 1. The standard InChI is InChI=1S/C3H6N6O2/c1-7(9(10)11)3-8-2-4-5-6-8/h2H,3H2,1H3. The first-order valence-corrected chi connectivity index (χ1v) is 2.76. The van der Waals surface area contributed by atoms with Gasteiger partial charge in [0.05, 0.1) is 7.05 Å². The van der Waals surface area contributed by atoms with Gasteiger partial charge in [0, 0.05) is 0 Å². The molecule has 1 aromatic rings. The molecule has 0 amide bonds. The lowest BCUT2D eigenvalue weighted by Crippen LogP contribution is -2.28. The third-order valence-electron chi connectivity index (χ3n) is 1.02. The molecule has 8 heteroatoms. The Bertz CT molecular complexity index is 232. The highest BCUT2D eigenvalue weighted by atomic mass is 16.7. The van der Waals surface area contributed by atoms with Gasteiger partial charge in [-0.15, -0.1) is 10.1 Å². The molecular formula is C3H6N6O2. The molecule has 0 aromatic carbocycles. The Morgan fingerprint density at radius 2 is 2.55 bits per heavy atom. The molecule has 0 bridgehead atoms. The Morgan fingerprint density at radius 1 is 1.82 bits per heavy atom. The van der Waals surface area contributed by atoms with E-state index < -0.39 is 5.03 Å². The minimum atomic E-state index is -0.540. The number of aromatic nitrogens is 4. The van der Waals surface area contributed by atoms with Crippen LogP contribution < -0.4 is 0 Å². The van der Waals surface area contributed by atoms with Crippen LogP contribution in [0.25, 0.3) is 0 Å². The van der Waals surface area contributed by atoms with E-state index in [1.807, 2.05) is 0 Å². The first kappa shape index (κ1) is 7.38. The highest BCUT2D eigenvalue weighted by Gasteiger charge is 2.06. The molecule has 0 saturated heterocycles. The monoisotopic (exact) mass is 158 g/mol. The fraction of sp³-hybridized carbons (Fsp3) is 0.667. The van der Waals surface area contributed by atoms with Gasteiger partial charge in [-0.1, -0.05) is 0 Å². The van der Waals surface area contributed by atoms with Crippen molar-refractivity contribution in [3.8, 4) is 0 Å². The molecule has 0 aliphatic heterocycles. The number of nitrogens with zero attached hydrogens (tertiary/aromatic N) is 6. The van der Waals surface area contributed by atoms with Gasteiger partial charge in [-0.2, -0.15) is 0 Å². The molecule has 1 rings (SSSR count). The van der Waals surface area contributed by atoms with E-state index in [0.29, 0.717) is 0 Å². The maximum absolute atomic E-state index is 10.1. The Balaban J connectivity index is 2.50. The zero-order valence-corrected chi connectivity index (χ0v) is 5.78. The third-order valence-corrected chi connectivity index (χ3v) is 1.02. The summed E-state index contributed by atoms with van der Waals surface area (Å²) in [6, 6.07) is 0. The van der Waals surface area contributed by atoms with Crippen molar-refractivity contribution in [3.63, 3.8) is 0 Å². The van der Waals surface area contributed by atoms with Crippen molar-refractivity contribution in [2.75, 3.05) is 7.05 Å². The van der Waals surface area contributed by atoms with Crippen LogP contribution in [0.5, 0.6) is 0 Å². The highest BCUT2D eigenvalue weighted by molar-refractivity contribution is 4.42. The average molecular weight is 158 g/mol. The number of hydrogen-bond donors (Lipinski definition) is 0. The van der Waals surface area contributed by atoms with Crippen molar-refractivity contribution >= 4 is 0 Å². The van der Waals surface area contributed by atoms with Crippen LogP contribution in [-0.4, -0.2) is 37.3 Å². The summed E-state index contributed by atoms with van der Waals surface area (Å²) in [6.45, 7) is 0.0417. The van der Waals surface area contributed by atoms with Crippen LogP contribution in [0.3, 0.4) is 0 Å². The van der Waals surface area contributed by atoms with E-state index in [4.69, 9.17) is 0 Å². The van der Waals surface area contributed by atoms with Gasteiger partial charge in [-0.25, -0.2) is 14.8 Å². The average Bonchev–Trinajstić information content (AvgIpc) is 2.39. The Morgan fingerprint density at radius 3 is 3.00 bits per heavy atom. The van der Waals surface area contributed by atoms with Crippen molar-refractivity contribution in [3.05, 3.63) is 16.4 Å². The van der Waals surface area contributed by atoms with Crippen LogP contribution in [0.4, 0.5) is 0 Å². The van der Waals surface area contributed by atoms with E-state index in [2.05, 4.69) is 15.5 Å². The lowest BCUT2D eigenvalue weighted by Gasteiger charge is -2.05. The largest absolute Gasteiger partial charge is 0.235 e. The van der Waals surface area contributed by atoms with Crippen LogP contribution in [-0.2, 0) is 6.67 Å². The van der Waals surface area contributed by atoms with E-state index >= 15 is 0 Å². The van der Waals surface area contributed by atoms with Gasteiger partial charge in [-0.3, -0.25) is 0 Å². The van der Waals surface area contributed by atoms with E-state index in [9.17, 15) is 10.1 Å². The molecule has 8 nitrogen and oxygen atoms in total. The molecule has 0 N–H and O–H groups in total. The summed E-state index contributed by atoms with van der Waals surface area (Å²) < 4.78 is 1.25. The lowest BCUT2D eigenvalue weighted by atomic mass is 11.0. The minimum Gasteiger partial charge on any atom is -0.235 e. The predicted molar refractivity (Wildman–Crippen MR) is 32.6 cm³/mol. The molecule has 0 unspecified atom stereocenters. The van der Waals surface area contributed by atoms with Crippen LogP contribution in [0.15, 0.2) is 6.33 Å². The number of rotatable bonds is 3. The molecule has 60 valence electrons. The van der Waals surface area contributed by atoms with Crippen molar-refractivity contribution in [2.24, 2.45) is 0 Å². The van der Waals surface area contributed by atoms with Crippen LogP contribution in [0, 0.1) is 10.1 Å². The fourth-order valence-electron chi connectivity index (χ4n) is 0.506. The molecule has 0 aliphatic carbocycles. The Hall–Kier alpha value is -1.73. The Kier molecular flexibility index (Phi) is 1.95. The van der Waals surface area contributed by atoms with Gasteiger partial charge < -0.3 is 0 Å². The second kappa shape index (κ2) is 2.90. The second-order valence-corrected chi connectivity index (χ2v) is 1.89. The molecule has 1 heterocycles. The minimum absolute atomic E-state index is 0.0417. The van der Waals surface area contributed by atoms with Crippen molar-refractivity contribution in [1.29, 1.82) is 0 Å². The third kappa shape index (κ3) is 1.85. The van der Waals surface area contributed by atoms with E-state index in [1.54, 1.807) is 0 Å². The summed E-state index contributed by atoms with van der Waals surface area (Å²) in [4.78, 5) is 10.1. The van der Waals surface area contributed by atoms with E-state index in [-0.39, 0.29) is 6.67 Å². The summed E-state index contributed by atoms with van der Waals surface area (Å²) in [5.41, 5.74) is 0. The van der Waals surface area contributed by atoms with Gasteiger partial charge in [0.2, 0.25) is 0 Å². The first-order valence-electron chi connectivity index (χ1n) is 2.76. The molecule has 0 saturated carbocycles. The Labute approximate surface area is 61.5 Å². The zero-order chi connectivity index (χ0) is 8.27. The van der Waals surface area contributed by atoms with Crippen molar-refractivity contribution in [2.45, 2.75) is 6.67 Å². The maximum Gasteiger partial charge on any atom is 0.173 e. The first-order chi connectivity index (χ1) is 5.20. The smallest absolute Gasteiger partial charge is 0.173 e. The number of hydrogen-bond acceptors (Lipinski definition) is 5. The normalized spacial score (nSPS) is 9.55. The van der Waals surface area contributed by atoms with Crippen LogP contribution in [0.2, 0.25) is 0 Å².